The molecule has 0 N–H and O–H groups in total. The standard InChI is InChI=1S/C18H15F2NO7/c1-10(16(22)11-3-6-13(7-4-11)28-18(19)20)27-17(23)12-5-8-15(26-2)14(9-12)21(24)25/h3-10,18H,1-2H3/t10-/m1/s1. The Hall–Kier alpha value is -3.56. The Labute approximate surface area is 157 Å². The smallest absolute Gasteiger partial charge is 0.387 e. The highest BCUT2D eigenvalue weighted by molar-refractivity contribution is 6.01. The molecule has 0 saturated carbocycles. The summed E-state index contributed by atoms with van der Waals surface area (Å²) >= 11 is 0. The van der Waals surface area contributed by atoms with Crippen LogP contribution in [0.5, 0.6) is 11.5 Å². The van der Waals surface area contributed by atoms with Crippen LogP contribution in [0.1, 0.15) is 27.6 Å². The fourth-order valence-electron chi connectivity index (χ4n) is 2.28. The minimum absolute atomic E-state index is 0.0308. The summed E-state index contributed by atoms with van der Waals surface area (Å²) in [5.41, 5.74) is -0.444. The number of nitrogens with zero attached hydrogens (tertiary/aromatic N) is 1. The van der Waals surface area contributed by atoms with Gasteiger partial charge in [0.1, 0.15) is 5.75 Å². The normalized spacial score (nSPS) is 11.6. The zero-order chi connectivity index (χ0) is 20.8. The molecule has 0 aliphatic heterocycles. The molecule has 0 aliphatic carbocycles. The monoisotopic (exact) mass is 395 g/mol. The van der Waals surface area contributed by atoms with E-state index in [4.69, 9.17) is 9.47 Å². The average molecular weight is 395 g/mol. The highest BCUT2D eigenvalue weighted by Crippen LogP contribution is 2.28. The van der Waals surface area contributed by atoms with Crippen molar-refractivity contribution in [3.05, 3.63) is 63.7 Å². The van der Waals surface area contributed by atoms with Gasteiger partial charge < -0.3 is 14.2 Å². The maximum absolute atomic E-state index is 12.3. The molecule has 0 aromatic heterocycles. The summed E-state index contributed by atoms with van der Waals surface area (Å²) in [4.78, 5) is 34.8. The number of halogens is 2. The molecule has 10 heteroatoms. The quantitative estimate of drug-likeness (QED) is 0.291. The molecule has 0 spiro atoms. The second-order valence-corrected chi connectivity index (χ2v) is 5.46. The molecule has 28 heavy (non-hydrogen) atoms. The number of Topliss-reactive ketones (excluding diaryl/α,β-unsaturated/α-hetero) is 1. The van der Waals surface area contributed by atoms with Crippen molar-refractivity contribution in [2.75, 3.05) is 7.11 Å². The van der Waals surface area contributed by atoms with Crippen LogP contribution in [0.2, 0.25) is 0 Å². The van der Waals surface area contributed by atoms with Crippen molar-refractivity contribution >= 4 is 17.4 Å². The summed E-state index contributed by atoms with van der Waals surface area (Å²) in [6.07, 6.45) is -1.21. The molecule has 148 valence electrons. The summed E-state index contributed by atoms with van der Waals surface area (Å²) in [6.45, 7) is -1.67. The van der Waals surface area contributed by atoms with Crippen molar-refractivity contribution in [2.45, 2.75) is 19.6 Å². The highest BCUT2D eigenvalue weighted by Gasteiger charge is 2.23. The van der Waals surface area contributed by atoms with Gasteiger partial charge >= 0.3 is 18.3 Å². The number of carbonyl (C=O) groups excluding carboxylic acids is 2. The van der Waals surface area contributed by atoms with Gasteiger partial charge in [-0.1, -0.05) is 0 Å². The van der Waals surface area contributed by atoms with E-state index in [1.807, 2.05) is 0 Å². The lowest BCUT2D eigenvalue weighted by Gasteiger charge is -2.13. The van der Waals surface area contributed by atoms with Gasteiger partial charge in [-0.2, -0.15) is 8.78 Å². The molecule has 2 rings (SSSR count). The van der Waals surface area contributed by atoms with Crippen molar-refractivity contribution in [1.29, 1.82) is 0 Å². The first-order valence-electron chi connectivity index (χ1n) is 7.85. The number of alkyl halides is 2. The van der Waals surface area contributed by atoms with Gasteiger partial charge in [-0.15, -0.1) is 0 Å². The van der Waals surface area contributed by atoms with E-state index in [9.17, 15) is 28.5 Å². The molecule has 2 aromatic rings. The van der Waals surface area contributed by atoms with Gasteiger partial charge in [-0.25, -0.2) is 4.79 Å². The third-order valence-corrected chi connectivity index (χ3v) is 3.63. The second-order valence-electron chi connectivity index (χ2n) is 5.46. The Bertz CT molecular complexity index is 884. The van der Waals surface area contributed by atoms with Crippen LogP contribution >= 0.6 is 0 Å². The van der Waals surface area contributed by atoms with Gasteiger partial charge in [0, 0.05) is 11.6 Å². The first-order valence-corrected chi connectivity index (χ1v) is 7.85. The van der Waals surface area contributed by atoms with Crippen LogP contribution in [0.25, 0.3) is 0 Å². The number of hydrogen-bond acceptors (Lipinski definition) is 7. The first-order chi connectivity index (χ1) is 13.2. The molecule has 0 aliphatic rings. The molecular formula is C18H15F2NO7. The third-order valence-electron chi connectivity index (χ3n) is 3.63. The van der Waals surface area contributed by atoms with E-state index in [1.165, 1.54) is 50.4 Å². The molecule has 1 atom stereocenters. The number of nitro groups is 1. The number of hydrogen-bond donors (Lipinski definition) is 0. The predicted molar refractivity (Wildman–Crippen MR) is 91.9 cm³/mol. The van der Waals surface area contributed by atoms with E-state index >= 15 is 0 Å². The number of ketones is 1. The molecule has 0 saturated heterocycles. The van der Waals surface area contributed by atoms with Gasteiger partial charge in [0.25, 0.3) is 0 Å². The van der Waals surface area contributed by atoms with Crippen molar-refractivity contribution < 1.29 is 37.5 Å². The van der Waals surface area contributed by atoms with Crippen LogP contribution in [-0.2, 0) is 4.74 Å². The summed E-state index contributed by atoms with van der Waals surface area (Å²) in [5, 5.41) is 11.0. The minimum Gasteiger partial charge on any atom is -0.490 e. The Balaban J connectivity index is 2.10. The van der Waals surface area contributed by atoms with Crippen LogP contribution in [0.15, 0.2) is 42.5 Å². The zero-order valence-electron chi connectivity index (χ0n) is 14.8. The Morgan fingerprint density at radius 1 is 1.07 bits per heavy atom. The highest BCUT2D eigenvalue weighted by atomic mass is 19.3. The van der Waals surface area contributed by atoms with Crippen LogP contribution in [-0.4, -0.2) is 36.5 Å². The van der Waals surface area contributed by atoms with Crippen LogP contribution < -0.4 is 9.47 Å². The van der Waals surface area contributed by atoms with E-state index in [0.717, 1.165) is 6.07 Å². The molecule has 0 bridgehead atoms. The number of rotatable bonds is 8. The lowest BCUT2D eigenvalue weighted by molar-refractivity contribution is -0.385. The topological polar surface area (TPSA) is 105 Å². The molecule has 2 aromatic carbocycles. The first kappa shape index (κ1) is 20.7. The van der Waals surface area contributed by atoms with Crippen LogP contribution in [0.4, 0.5) is 14.5 Å². The number of methoxy groups -OCH3 is 1. The molecule has 8 nitrogen and oxygen atoms in total. The number of esters is 1. The number of nitro benzene ring substituents is 1. The van der Waals surface area contributed by atoms with Gasteiger partial charge in [-0.3, -0.25) is 14.9 Å². The second kappa shape index (κ2) is 8.89. The van der Waals surface area contributed by atoms with Crippen molar-refractivity contribution in [3.63, 3.8) is 0 Å². The van der Waals surface area contributed by atoms with Gasteiger partial charge in [0.05, 0.1) is 17.6 Å². The van der Waals surface area contributed by atoms with E-state index in [0.29, 0.717) is 0 Å². The molecule has 0 fully saturated rings. The van der Waals surface area contributed by atoms with Gasteiger partial charge in [0.2, 0.25) is 5.78 Å². The summed E-state index contributed by atoms with van der Waals surface area (Å²) < 4.78 is 38.4. The lowest BCUT2D eigenvalue weighted by atomic mass is 10.1. The Morgan fingerprint density at radius 3 is 2.21 bits per heavy atom. The van der Waals surface area contributed by atoms with E-state index in [2.05, 4.69) is 4.74 Å². The summed E-state index contributed by atoms with van der Waals surface area (Å²) in [5.74, 6) is -1.68. The van der Waals surface area contributed by atoms with Crippen molar-refractivity contribution in [3.8, 4) is 11.5 Å². The maximum Gasteiger partial charge on any atom is 0.387 e. The molecule has 0 amide bonds. The van der Waals surface area contributed by atoms with E-state index in [-0.39, 0.29) is 22.6 Å². The minimum atomic E-state index is -2.99. The SMILES string of the molecule is COc1ccc(C(=O)O[C@H](C)C(=O)c2ccc(OC(F)F)cc2)cc1[N+](=O)[O-]. The summed E-state index contributed by atoms with van der Waals surface area (Å²) in [7, 11) is 1.25. The Kier molecular flexibility index (Phi) is 6.59. The van der Waals surface area contributed by atoms with Crippen molar-refractivity contribution in [2.24, 2.45) is 0 Å². The Morgan fingerprint density at radius 2 is 1.68 bits per heavy atom. The van der Waals surface area contributed by atoms with E-state index < -0.39 is 35.1 Å². The fraction of sp³-hybridized carbons (Fsp3) is 0.222. The molecular weight excluding hydrogens is 380 g/mol. The third kappa shape index (κ3) is 5.00. The fourth-order valence-corrected chi connectivity index (χ4v) is 2.28. The van der Waals surface area contributed by atoms with Crippen molar-refractivity contribution in [1.82, 2.24) is 0 Å². The average Bonchev–Trinajstić information content (AvgIpc) is 2.66. The maximum atomic E-state index is 12.3. The van der Waals surface area contributed by atoms with Gasteiger partial charge in [-0.05, 0) is 43.3 Å². The zero-order valence-corrected chi connectivity index (χ0v) is 14.8. The number of ether oxygens (including phenoxy) is 3. The lowest BCUT2D eigenvalue weighted by Crippen LogP contribution is -2.24. The summed E-state index contributed by atoms with van der Waals surface area (Å²) in [6, 6.07) is 8.35. The van der Waals surface area contributed by atoms with Crippen LogP contribution in [0, 0.1) is 10.1 Å². The number of carbonyl (C=O) groups is 2. The predicted octanol–water partition coefficient (Wildman–Crippen LogP) is 3.63. The molecule has 0 unspecified atom stereocenters. The molecule has 0 heterocycles. The van der Waals surface area contributed by atoms with E-state index in [1.54, 1.807) is 0 Å². The number of benzene rings is 2. The largest absolute Gasteiger partial charge is 0.490 e. The van der Waals surface area contributed by atoms with Crippen LogP contribution in [0.3, 0.4) is 0 Å². The molecule has 0 radical (unpaired) electrons. The van der Waals surface area contributed by atoms with Gasteiger partial charge in [0.15, 0.2) is 11.9 Å².